The minimum absolute atomic E-state index is 0.128. The molecular weight excluding hydrogens is 440 g/mol. The van der Waals surface area contributed by atoms with E-state index >= 15 is 0 Å². The molecule has 1 atom stereocenters. The highest BCUT2D eigenvalue weighted by atomic mass is 79.9. The molecular formula is C21H27BrN2O5. The second-order valence-electron chi connectivity index (χ2n) is 6.65. The highest BCUT2D eigenvalue weighted by molar-refractivity contribution is 9.10. The predicted molar refractivity (Wildman–Crippen MR) is 113 cm³/mol. The zero-order valence-electron chi connectivity index (χ0n) is 17.1. The molecule has 0 spiro atoms. The van der Waals surface area contributed by atoms with Gasteiger partial charge in [0.1, 0.15) is 0 Å². The van der Waals surface area contributed by atoms with Crippen molar-refractivity contribution in [2.24, 2.45) is 5.92 Å². The Hall–Kier alpha value is -2.48. The highest BCUT2D eigenvalue weighted by Crippen LogP contribution is 2.32. The second kappa shape index (κ2) is 10.9. The van der Waals surface area contributed by atoms with Crippen molar-refractivity contribution >= 4 is 27.7 Å². The average molecular weight is 467 g/mol. The topological polar surface area (TPSA) is 89.8 Å². The van der Waals surface area contributed by atoms with Crippen LogP contribution in [0.25, 0.3) is 0 Å². The summed E-state index contributed by atoms with van der Waals surface area (Å²) >= 11 is 3.14. The number of nitrogens with one attached hydrogen (secondary N) is 2. The van der Waals surface area contributed by atoms with Crippen molar-refractivity contribution in [3.8, 4) is 11.5 Å². The van der Waals surface area contributed by atoms with Crippen molar-refractivity contribution in [3.63, 3.8) is 0 Å². The lowest BCUT2D eigenvalue weighted by Gasteiger charge is -2.24. The lowest BCUT2D eigenvalue weighted by molar-refractivity contribution is -0.121. The molecule has 8 heteroatoms. The van der Waals surface area contributed by atoms with Crippen LogP contribution in [0, 0.1) is 5.92 Å². The Morgan fingerprint density at radius 1 is 1.07 bits per heavy atom. The van der Waals surface area contributed by atoms with Crippen LogP contribution in [-0.4, -0.2) is 31.6 Å². The fourth-order valence-corrected chi connectivity index (χ4v) is 3.11. The minimum atomic E-state index is -0.452. The number of rotatable bonds is 10. The number of benzene rings is 1. The molecule has 0 radical (unpaired) electrons. The van der Waals surface area contributed by atoms with Crippen LogP contribution in [0.5, 0.6) is 11.5 Å². The maximum atomic E-state index is 12.4. The summed E-state index contributed by atoms with van der Waals surface area (Å²) in [7, 11) is 0. The molecule has 0 aliphatic carbocycles. The van der Waals surface area contributed by atoms with Gasteiger partial charge in [0.25, 0.3) is 5.91 Å². The maximum absolute atomic E-state index is 12.4. The number of ether oxygens (including phenoxy) is 2. The normalized spacial score (nSPS) is 11.8. The monoisotopic (exact) mass is 466 g/mol. The van der Waals surface area contributed by atoms with Gasteiger partial charge in [-0.1, -0.05) is 19.9 Å². The molecule has 1 aromatic carbocycles. The zero-order valence-corrected chi connectivity index (χ0v) is 18.7. The number of hydrogen-bond donors (Lipinski definition) is 2. The average Bonchev–Trinajstić information content (AvgIpc) is 3.12. The van der Waals surface area contributed by atoms with E-state index in [1.54, 1.807) is 6.07 Å². The summed E-state index contributed by atoms with van der Waals surface area (Å²) in [6, 6.07) is 8.55. The Balaban J connectivity index is 2.06. The third-order valence-corrected chi connectivity index (χ3v) is 4.54. The van der Waals surface area contributed by atoms with Gasteiger partial charge in [0, 0.05) is 0 Å². The smallest absolute Gasteiger partial charge is 0.287 e. The second-order valence-corrected chi connectivity index (χ2v) is 7.43. The van der Waals surface area contributed by atoms with Crippen molar-refractivity contribution < 1.29 is 23.5 Å². The first-order valence-corrected chi connectivity index (χ1v) is 10.4. The summed E-state index contributed by atoms with van der Waals surface area (Å²) in [6.07, 6.45) is 0. The van der Waals surface area contributed by atoms with E-state index in [2.05, 4.69) is 26.6 Å². The number of halogens is 1. The van der Waals surface area contributed by atoms with Crippen molar-refractivity contribution in [1.29, 1.82) is 0 Å². The first-order chi connectivity index (χ1) is 13.8. The summed E-state index contributed by atoms with van der Waals surface area (Å²) in [4.78, 5) is 24.5. The molecule has 0 aliphatic heterocycles. The maximum Gasteiger partial charge on any atom is 0.287 e. The van der Waals surface area contributed by atoms with Crippen LogP contribution in [-0.2, 0) is 4.79 Å². The Labute approximate surface area is 179 Å². The van der Waals surface area contributed by atoms with Gasteiger partial charge in [-0.2, -0.15) is 0 Å². The standard InChI is InChI=1S/C21H27BrN2O5/c1-5-27-15-8-7-14(11-17(15)28-6-2)20(13(3)4)24-19(25)12-23-21(26)16-9-10-18(22)29-16/h7-11,13,20H,5-6,12H2,1-4H3,(H,23,26)(H,24,25). The van der Waals surface area contributed by atoms with Crippen LogP contribution < -0.4 is 20.1 Å². The van der Waals surface area contributed by atoms with Crippen LogP contribution in [0.1, 0.15) is 49.9 Å². The van der Waals surface area contributed by atoms with E-state index in [1.165, 1.54) is 6.07 Å². The number of amides is 2. The molecule has 2 amide bonds. The molecule has 7 nitrogen and oxygen atoms in total. The first-order valence-electron chi connectivity index (χ1n) is 9.58. The van der Waals surface area contributed by atoms with Crippen molar-refractivity contribution in [3.05, 3.63) is 46.3 Å². The molecule has 2 N–H and O–H groups in total. The predicted octanol–water partition coefficient (Wildman–Crippen LogP) is 4.08. The van der Waals surface area contributed by atoms with Crippen LogP contribution in [0.4, 0.5) is 0 Å². The van der Waals surface area contributed by atoms with E-state index in [9.17, 15) is 9.59 Å². The molecule has 1 unspecified atom stereocenters. The summed E-state index contributed by atoms with van der Waals surface area (Å²) in [5.41, 5.74) is 0.904. The largest absolute Gasteiger partial charge is 0.490 e. The quantitative estimate of drug-likeness (QED) is 0.550. The number of hydrogen-bond acceptors (Lipinski definition) is 5. The molecule has 0 bridgehead atoms. The third kappa shape index (κ3) is 6.52. The van der Waals surface area contributed by atoms with Crippen LogP contribution in [0.15, 0.2) is 39.4 Å². The molecule has 0 saturated heterocycles. The molecule has 0 saturated carbocycles. The first kappa shape index (κ1) is 22.8. The molecule has 0 aliphatic rings. The summed E-state index contributed by atoms with van der Waals surface area (Å²) in [6.45, 7) is 8.74. The lowest BCUT2D eigenvalue weighted by atomic mass is 9.95. The molecule has 29 heavy (non-hydrogen) atoms. The van der Waals surface area contributed by atoms with E-state index in [0.29, 0.717) is 29.4 Å². The van der Waals surface area contributed by atoms with E-state index in [1.807, 2.05) is 45.9 Å². The fraction of sp³-hybridized carbons (Fsp3) is 0.429. The van der Waals surface area contributed by atoms with Crippen LogP contribution in [0.2, 0.25) is 0 Å². The number of carbonyl (C=O) groups is 2. The van der Waals surface area contributed by atoms with Gasteiger partial charge in [-0.25, -0.2) is 0 Å². The SMILES string of the molecule is CCOc1ccc(C(NC(=O)CNC(=O)c2ccc(Br)o2)C(C)C)cc1OCC. The van der Waals surface area contributed by atoms with E-state index in [0.717, 1.165) is 5.56 Å². The molecule has 2 aromatic rings. The van der Waals surface area contributed by atoms with Crippen LogP contribution in [0.3, 0.4) is 0 Å². The molecule has 158 valence electrons. The van der Waals surface area contributed by atoms with Crippen molar-refractivity contribution in [1.82, 2.24) is 10.6 Å². The minimum Gasteiger partial charge on any atom is -0.490 e. The fourth-order valence-electron chi connectivity index (χ4n) is 2.80. The third-order valence-electron chi connectivity index (χ3n) is 4.12. The van der Waals surface area contributed by atoms with Crippen LogP contribution >= 0.6 is 15.9 Å². The molecule has 1 heterocycles. The summed E-state index contributed by atoms with van der Waals surface area (Å²) in [5, 5.41) is 5.53. The van der Waals surface area contributed by atoms with E-state index in [4.69, 9.17) is 13.9 Å². The van der Waals surface area contributed by atoms with Gasteiger partial charge in [-0.3, -0.25) is 9.59 Å². The van der Waals surface area contributed by atoms with Gasteiger partial charge >= 0.3 is 0 Å². The van der Waals surface area contributed by atoms with Gasteiger partial charge in [-0.15, -0.1) is 0 Å². The Bertz CT molecular complexity index is 834. The van der Waals surface area contributed by atoms with E-state index in [-0.39, 0.29) is 30.2 Å². The number of carbonyl (C=O) groups excluding carboxylic acids is 2. The van der Waals surface area contributed by atoms with Gasteiger partial charge < -0.3 is 24.5 Å². The van der Waals surface area contributed by atoms with Gasteiger partial charge in [0.15, 0.2) is 21.9 Å². The Morgan fingerprint density at radius 3 is 2.34 bits per heavy atom. The van der Waals surface area contributed by atoms with Crippen molar-refractivity contribution in [2.45, 2.75) is 33.7 Å². The highest BCUT2D eigenvalue weighted by Gasteiger charge is 2.21. The molecule has 2 rings (SSSR count). The van der Waals surface area contributed by atoms with Gasteiger partial charge in [0.05, 0.1) is 25.8 Å². The summed E-state index contributed by atoms with van der Waals surface area (Å²) in [5.74, 6) is 0.828. The number of furan rings is 1. The lowest BCUT2D eigenvalue weighted by Crippen LogP contribution is -2.40. The van der Waals surface area contributed by atoms with E-state index < -0.39 is 5.91 Å². The Kier molecular flexibility index (Phi) is 8.57. The Morgan fingerprint density at radius 2 is 1.76 bits per heavy atom. The molecule has 1 aromatic heterocycles. The van der Waals surface area contributed by atoms with Crippen molar-refractivity contribution in [2.75, 3.05) is 19.8 Å². The zero-order chi connectivity index (χ0) is 21.4. The summed E-state index contributed by atoms with van der Waals surface area (Å²) < 4.78 is 16.9. The van der Waals surface area contributed by atoms with Gasteiger partial charge in [0.2, 0.25) is 5.91 Å². The van der Waals surface area contributed by atoms with Gasteiger partial charge in [-0.05, 0) is 65.5 Å². The molecule has 0 fully saturated rings.